The number of aromatic nitrogens is 2. The number of nitrogens with zero attached hydrogens (tertiary/aromatic N) is 2. The predicted octanol–water partition coefficient (Wildman–Crippen LogP) is 4.81. The molecular weight excluding hydrogens is 248 g/mol. The summed E-state index contributed by atoms with van der Waals surface area (Å²) in [6.45, 7) is 4.26. The Balaban J connectivity index is 1.86. The lowest BCUT2D eigenvalue weighted by Crippen LogP contribution is -1.87. The average molecular weight is 272 g/mol. The Labute approximate surface area is 121 Å². The van der Waals surface area contributed by atoms with E-state index in [1.807, 2.05) is 6.92 Å². The number of hydrogen-bond donors (Lipinski definition) is 0. The molecule has 2 aromatic rings. The van der Waals surface area contributed by atoms with Crippen LogP contribution in [0.15, 0.2) is 28.8 Å². The molecule has 1 aromatic carbocycles. The molecule has 0 atom stereocenters. The first kappa shape index (κ1) is 14.8. The van der Waals surface area contributed by atoms with Gasteiger partial charge in [-0.05, 0) is 18.4 Å². The zero-order valence-electron chi connectivity index (χ0n) is 12.6. The van der Waals surface area contributed by atoms with Gasteiger partial charge in [0.25, 0.3) is 0 Å². The molecule has 0 amide bonds. The van der Waals surface area contributed by atoms with Crippen LogP contribution in [0, 0.1) is 0 Å². The van der Waals surface area contributed by atoms with Crippen molar-refractivity contribution in [1.29, 1.82) is 0 Å². The van der Waals surface area contributed by atoms with E-state index in [9.17, 15) is 0 Å². The van der Waals surface area contributed by atoms with Gasteiger partial charge in [-0.3, -0.25) is 0 Å². The lowest BCUT2D eigenvalue weighted by molar-refractivity contribution is 0.383. The summed E-state index contributed by atoms with van der Waals surface area (Å²) in [6.07, 6.45) is 8.58. The maximum Gasteiger partial charge on any atom is 0.226 e. The Hall–Kier alpha value is -1.64. The highest BCUT2D eigenvalue weighted by Crippen LogP contribution is 2.18. The lowest BCUT2D eigenvalue weighted by atomic mass is 10.0. The van der Waals surface area contributed by atoms with Gasteiger partial charge in [-0.2, -0.15) is 4.98 Å². The molecule has 0 saturated heterocycles. The Morgan fingerprint density at radius 2 is 1.70 bits per heavy atom. The fourth-order valence-corrected chi connectivity index (χ4v) is 2.27. The largest absolute Gasteiger partial charge is 0.339 e. The molecule has 0 radical (unpaired) electrons. The topological polar surface area (TPSA) is 38.9 Å². The normalized spacial score (nSPS) is 10.9. The molecule has 3 heteroatoms. The number of benzene rings is 1. The van der Waals surface area contributed by atoms with E-state index in [0.29, 0.717) is 11.7 Å². The quantitative estimate of drug-likeness (QED) is 0.647. The number of aryl methyl sites for hydroxylation is 2. The van der Waals surface area contributed by atoms with E-state index in [2.05, 4.69) is 41.3 Å². The van der Waals surface area contributed by atoms with Gasteiger partial charge in [-0.1, -0.05) is 69.0 Å². The second-order valence-corrected chi connectivity index (χ2v) is 5.23. The van der Waals surface area contributed by atoms with Crippen molar-refractivity contribution in [2.24, 2.45) is 0 Å². The summed E-state index contributed by atoms with van der Waals surface area (Å²) in [5, 5.41) is 4.00. The molecule has 0 aliphatic heterocycles. The van der Waals surface area contributed by atoms with Crippen LogP contribution in [0.3, 0.4) is 0 Å². The van der Waals surface area contributed by atoms with Crippen molar-refractivity contribution in [3.63, 3.8) is 0 Å². The van der Waals surface area contributed by atoms with Gasteiger partial charge in [0.15, 0.2) is 0 Å². The Morgan fingerprint density at radius 3 is 2.35 bits per heavy atom. The maximum atomic E-state index is 5.14. The Bertz CT molecular complexity index is 502. The van der Waals surface area contributed by atoms with E-state index in [4.69, 9.17) is 4.52 Å². The van der Waals surface area contributed by atoms with Crippen LogP contribution < -0.4 is 0 Å². The third-order valence-corrected chi connectivity index (χ3v) is 3.55. The van der Waals surface area contributed by atoms with Gasteiger partial charge in [-0.15, -0.1) is 0 Å². The molecule has 0 fully saturated rings. The highest BCUT2D eigenvalue weighted by atomic mass is 16.5. The molecule has 0 unspecified atom stereocenters. The van der Waals surface area contributed by atoms with Gasteiger partial charge in [0.05, 0.1) is 0 Å². The molecule has 1 heterocycles. The third kappa shape index (κ3) is 4.19. The van der Waals surface area contributed by atoms with Crippen molar-refractivity contribution in [3.05, 3.63) is 35.7 Å². The summed E-state index contributed by atoms with van der Waals surface area (Å²) < 4.78 is 5.14. The second-order valence-electron chi connectivity index (χ2n) is 5.23. The van der Waals surface area contributed by atoms with Crippen LogP contribution in [0.5, 0.6) is 0 Å². The summed E-state index contributed by atoms with van der Waals surface area (Å²) in [7, 11) is 0. The minimum Gasteiger partial charge on any atom is -0.339 e. The van der Waals surface area contributed by atoms with E-state index in [1.54, 1.807) is 0 Å². The molecular formula is C17H24N2O. The molecule has 0 spiro atoms. The van der Waals surface area contributed by atoms with E-state index < -0.39 is 0 Å². The van der Waals surface area contributed by atoms with Gasteiger partial charge in [0, 0.05) is 12.0 Å². The van der Waals surface area contributed by atoms with Crippen LogP contribution in [0.25, 0.3) is 11.4 Å². The van der Waals surface area contributed by atoms with Crippen LogP contribution in [0.1, 0.15) is 57.4 Å². The molecule has 20 heavy (non-hydrogen) atoms. The minimum absolute atomic E-state index is 0.691. The van der Waals surface area contributed by atoms with Gasteiger partial charge in [0.2, 0.25) is 11.7 Å². The lowest BCUT2D eigenvalue weighted by Gasteiger charge is -2.02. The van der Waals surface area contributed by atoms with Crippen molar-refractivity contribution in [2.75, 3.05) is 0 Å². The first-order chi connectivity index (χ1) is 9.83. The maximum absolute atomic E-state index is 5.14. The van der Waals surface area contributed by atoms with Gasteiger partial charge >= 0.3 is 0 Å². The van der Waals surface area contributed by atoms with Crippen LogP contribution in [0.2, 0.25) is 0 Å². The fourth-order valence-electron chi connectivity index (χ4n) is 2.27. The van der Waals surface area contributed by atoms with Crippen LogP contribution in [0.4, 0.5) is 0 Å². The van der Waals surface area contributed by atoms with Crippen LogP contribution in [-0.4, -0.2) is 10.1 Å². The molecule has 108 valence electrons. The SMILES string of the molecule is CCCCCCCc1ccc(-c2noc(CC)n2)cc1. The molecule has 0 bridgehead atoms. The summed E-state index contributed by atoms with van der Waals surface area (Å²) >= 11 is 0. The van der Waals surface area contributed by atoms with Crippen LogP contribution >= 0.6 is 0 Å². The third-order valence-electron chi connectivity index (χ3n) is 3.55. The molecule has 3 nitrogen and oxygen atoms in total. The summed E-state index contributed by atoms with van der Waals surface area (Å²) in [6, 6.07) is 8.53. The van der Waals surface area contributed by atoms with Crippen molar-refractivity contribution in [3.8, 4) is 11.4 Å². The number of unbranched alkanes of at least 4 members (excludes halogenated alkanes) is 4. The summed E-state index contributed by atoms with van der Waals surface area (Å²) in [5.74, 6) is 1.39. The first-order valence-electron chi connectivity index (χ1n) is 7.75. The monoisotopic (exact) mass is 272 g/mol. The first-order valence-corrected chi connectivity index (χ1v) is 7.75. The highest BCUT2D eigenvalue weighted by molar-refractivity contribution is 5.54. The molecule has 0 aliphatic carbocycles. The van der Waals surface area contributed by atoms with E-state index >= 15 is 0 Å². The fraction of sp³-hybridized carbons (Fsp3) is 0.529. The molecule has 1 aromatic heterocycles. The van der Waals surface area contributed by atoms with Crippen molar-refractivity contribution in [2.45, 2.75) is 58.8 Å². The Morgan fingerprint density at radius 1 is 0.950 bits per heavy atom. The molecule has 0 N–H and O–H groups in total. The number of hydrogen-bond acceptors (Lipinski definition) is 3. The predicted molar refractivity (Wildman–Crippen MR) is 81.6 cm³/mol. The van der Waals surface area contributed by atoms with E-state index in [0.717, 1.165) is 18.4 Å². The molecule has 0 saturated carbocycles. The van der Waals surface area contributed by atoms with Crippen molar-refractivity contribution >= 4 is 0 Å². The van der Waals surface area contributed by atoms with Crippen molar-refractivity contribution in [1.82, 2.24) is 10.1 Å². The van der Waals surface area contributed by atoms with Gasteiger partial charge in [-0.25, -0.2) is 0 Å². The van der Waals surface area contributed by atoms with Crippen molar-refractivity contribution < 1.29 is 4.52 Å². The minimum atomic E-state index is 0.691. The van der Waals surface area contributed by atoms with E-state index in [-0.39, 0.29) is 0 Å². The zero-order valence-corrected chi connectivity index (χ0v) is 12.6. The summed E-state index contributed by atoms with van der Waals surface area (Å²) in [5.41, 5.74) is 2.42. The molecule has 0 aliphatic rings. The number of rotatable bonds is 8. The summed E-state index contributed by atoms with van der Waals surface area (Å²) in [4.78, 5) is 4.35. The molecule has 2 rings (SSSR count). The second kappa shape index (κ2) is 7.83. The zero-order chi connectivity index (χ0) is 14.2. The van der Waals surface area contributed by atoms with Crippen LogP contribution in [-0.2, 0) is 12.8 Å². The van der Waals surface area contributed by atoms with E-state index in [1.165, 1.54) is 37.7 Å². The van der Waals surface area contributed by atoms with Gasteiger partial charge in [0.1, 0.15) is 0 Å². The average Bonchev–Trinajstić information content (AvgIpc) is 2.97. The highest BCUT2D eigenvalue weighted by Gasteiger charge is 2.06. The Kier molecular flexibility index (Phi) is 5.78. The van der Waals surface area contributed by atoms with Gasteiger partial charge < -0.3 is 4.52 Å². The smallest absolute Gasteiger partial charge is 0.226 e. The standard InChI is InChI=1S/C17H24N2O/c1-3-5-6-7-8-9-14-10-12-15(13-11-14)17-18-16(4-2)20-19-17/h10-13H,3-9H2,1-2H3.